The van der Waals surface area contributed by atoms with Gasteiger partial charge in [0, 0.05) is 35.6 Å². The Morgan fingerprint density at radius 1 is 1.48 bits per heavy atom. The molecule has 1 aromatic rings. The average Bonchev–Trinajstić information content (AvgIpc) is 2.37. The van der Waals surface area contributed by atoms with E-state index in [0.717, 1.165) is 0 Å². The van der Waals surface area contributed by atoms with Crippen molar-refractivity contribution in [3.05, 3.63) is 39.9 Å². The fourth-order valence-corrected chi connectivity index (χ4v) is 2.88. The first-order valence-corrected chi connectivity index (χ1v) is 7.36. The molecular formula is C12H14N2O6S. The maximum absolute atomic E-state index is 11.9. The van der Waals surface area contributed by atoms with Gasteiger partial charge in [-0.15, -0.1) is 0 Å². The van der Waals surface area contributed by atoms with E-state index in [9.17, 15) is 23.9 Å². The third kappa shape index (κ3) is 5.69. The number of nitro groups is 1. The van der Waals surface area contributed by atoms with Crippen LogP contribution in [0.4, 0.5) is 5.69 Å². The summed E-state index contributed by atoms with van der Waals surface area (Å²) in [6.07, 6.45) is 0. The lowest BCUT2D eigenvalue weighted by atomic mass is 10.2. The van der Waals surface area contributed by atoms with Gasteiger partial charge in [0.1, 0.15) is 6.04 Å². The molecule has 1 amide bonds. The molecule has 0 aliphatic carbocycles. The largest absolute Gasteiger partial charge is 0.480 e. The van der Waals surface area contributed by atoms with Crippen molar-refractivity contribution in [2.45, 2.75) is 18.7 Å². The van der Waals surface area contributed by atoms with Crippen LogP contribution < -0.4 is 5.32 Å². The molecule has 0 saturated heterocycles. The zero-order valence-corrected chi connectivity index (χ0v) is 12.0. The molecule has 0 aliphatic heterocycles. The van der Waals surface area contributed by atoms with Crippen molar-refractivity contribution in [2.75, 3.05) is 5.75 Å². The van der Waals surface area contributed by atoms with Crippen molar-refractivity contribution in [3.63, 3.8) is 0 Å². The van der Waals surface area contributed by atoms with Gasteiger partial charge in [-0.3, -0.25) is 19.1 Å². The Morgan fingerprint density at radius 3 is 2.67 bits per heavy atom. The molecule has 2 N–H and O–H groups in total. The molecule has 0 spiro atoms. The van der Waals surface area contributed by atoms with E-state index in [4.69, 9.17) is 5.11 Å². The van der Waals surface area contributed by atoms with E-state index in [0.29, 0.717) is 5.56 Å². The monoisotopic (exact) mass is 314 g/mol. The van der Waals surface area contributed by atoms with E-state index in [1.807, 2.05) is 0 Å². The van der Waals surface area contributed by atoms with Gasteiger partial charge in [-0.05, 0) is 5.56 Å². The first-order valence-electron chi connectivity index (χ1n) is 5.88. The highest BCUT2D eigenvalue weighted by Gasteiger charge is 2.21. The van der Waals surface area contributed by atoms with Crippen LogP contribution in [0.5, 0.6) is 0 Å². The van der Waals surface area contributed by atoms with E-state index in [-0.39, 0.29) is 17.2 Å². The number of aliphatic carboxylic acids is 1. The second-order valence-corrected chi connectivity index (χ2v) is 5.77. The molecule has 114 valence electrons. The Morgan fingerprint density at radius 2 is 2.14 bits per heavy atom. The number of carbonyl (C=O) groups is 2. The summed E-state index contributed by atoms with van der Waals surface area (Å²) in [4.78, 5) is 31.9. The van der Waals surface area contributed by atoms with Gasteiger partial charge >= 0.3 is 5.97 Å². The number of carboxylic acid groups (broad SMARTS) is 1. The van der Waals surface area contributed by atoms with Crippen LogP contribution in [0.3, 0.4) is 0 Å². The van der Waals surface area contributed by atoms with Gasteiger partial charge in [0.25, 0.3) is 5.69 Å². The molecule has 0 bridgehead atoms. The first kappa shape index (κ1) is 16.8. The van der Waals surface area contributed by atoms with Crippen LogP contribution in [0, 0.1) is 10.1 Å². The molecule has 2 atom stereocenters. The number of carboxylic acids is 1. The molecule has 0 radical (unpaired) electrons. The fourth-order valence-electron chi connectivity index (χ4n) is 1.61. The van der Waals surface area contributed by atoms with Crippen LogP contribution in [0.2, 0.25) is 0 Å². The second-order valence-electron chi connectivity index (χ2n) is 4.27. The maximum Gasteiger partial charge on any atom is 0.327 e. The second kappa shape index (κ2) is 7.48. The molecule has 0 saturated carbocycles. The molecule has 0 heterocycles. The third-order valence-corrected chi connectivity index (χ3v) is 3.84. The number of rotatable bonds is 7. The van der Waals surface area contributed by atoms with Crippen molar-refractivity contribution in [3.8, 4) is 0 Å². The van der Waals surface area contributed by atoms with Crippen LogP contribution in [0.15, 0.2) is 24.3 Å². The number of nitrogens with zero attached hydrogens (tertiary/aromatic N) is 1. The van der Waals surface area contributed by atoms with Gasteiger partial charge in [0.2, 0.25) is 5.91 Å². The fraction of sp³-hybridized carbons (Fsp3) is 0.333. The average molecular weight is 314 g/mol. The van der Waals surface area contributed by atoms with Gasteiger partial charge in [0.15, 0.2) is 0 Å². The van der Waals surface area contributed by atoms with Gasteiger partial charge < -0.3 is 10.4 Å². The van der Waals surface area contributed by atoms with Crippen LogP contribution in [-0.2, 0) is 26.1 Å². The maximum atomic E-state index is 11.9. The molecule has 21 heavy (non-hydrogen) atoms. The number of carbonyl (C=O) groups excluding carboxylic acids is 1. The lowest BCUT2D eigenvalue weighted by Gasteiger charge is -2.12. The van der Waals surface area contributed by atoms with E-state index < -0.39 is 33.6 Å². The van der Waals surface area contributed by atoms with Crippen molar-refractivity contribution in [2.24, 2.45) is 0 Å². The standard InChI is InChI=1S/C12H14N2O6S/c1-8(15)13-11(12(16)17)7-21(20)6-9-3-2-4-10(5-9)14(18)19/h2-5,11H,6-7H2,1H3,(H,13,15)(H,16,17)/t11-,21?/m0/s1. The summed E-state index contributed by atoms with van der Waals surface area (Å²) in [5.74, 6) is -2.10. The Balaban J connectivity index is 2.72. The minimum atomic E-state index is -1.58. The molecule has 9 heteroatoms. The quantitative estimate of drug-likeness (QED) is 0.555. The number of benzene rings is 1. The number of nitro benzene ring substituents is 1. The molecule has 8 nitrogen and oxygen atoms in total. The van der Waals surface area contributed by atoms with Crippen molar-refractivity contribution in [1.29, 1.82) is 0 Å². The van der Waals surface area contributed by atoms with Crippen molar-refractivity contribution in [1.82, 2.24) is 5.32 Å². The number of non-ortho nitro benzene ring substituents is 1. The first-order chi connectivity index (χ1) is 9.79. The van der Waals surface area contributed by atoms with E-state index in [1.54, 1.807) is 6.07 Å². The van der Waals surface area contributed by atoms with Crippen LogP contribution in [0.25, 0.3) is 0 Å². The Hall–Kier alpha value is -2.29. The molecule has 1 rings (SSSR count). The van der Waals surface area contributed by atoms with Gasteiger partial charge in [0.05, 0.1) is 10.7 Å². The van der Waals surface area contributed by atoms with Gasteiger partial charge in [-0.25, -0.2) is 4.79 Å². The number of hydrogen-bond donors (Lipinski definition) is 2. The predicted octanol–water partition coefficient (Wildman–Crippen LogP) is 0.433. The van der Waals surface area contributed by atoms with Crippen LogP contribution in [0.1, 0.15) is 12.5 Å². The summed E-state index contributed by atoms with van der Waals surface area (Å²) in [7, 11) is -1.58. The van der Waals surface area contributed by atoms with E-state index >= 15 is 0 Å². The normalized spacial score (nSPS) is 13.2. The van der Waals surface area contributed by atoms with Crippen molar-refractivity contribution < 1.29 is 23.8 Å². The highest BCUT2D eigenvalue weighted by molar-refractivity contribution is 7.84. The minimum Gasteiger partial charge on any atom is -0.480 e. The summed E-state index contributed by atoms with van der Waals surface area (Å²) in [5.41, 5.74) is 0.343. The van der Waals surface area contributed by atoms with E-state index in [1.165, 1.54) is 25.1 Å². The number of hydrogen-bond acceptors (Lipinski definition) is 5. The summed E-state index contributed by atoms with van der Waals surface area (Å²) in [5, 5.41) is 21.7. The molecular weight excluding hydrogens is 300 g/mol. The Bertz CT molecular complexity index is 589. The Kier molecular flexibility index (Phi) is 5.97. The SMILES string of the molecule is CC(=O)N[C@@H](CS(=O)Cc1cccc([N+](=O)[O-])c1)C(=O)O. The predicted molar refractivity (Wildman–Crippen MR) is 75.1 cm³/mol. The van der Waals surface area contributed by atoms with Gasteiger partial charge in [-0.2, -0.15) is 0 Å². The number of amides is 1. The highest BCUT2D eigenvalue weighted by Crippen LogP contribution is 2.14. The summed E-state index contributed by atoms with van der Waals surface area (Å²) >= 11 is 0. The summed E-state index contributed by atoms with van der Waals surface area (Å²) < 4.78 is 11.9. The molecule has 0 fully saturated rings. The van der Waals surface area contributed by atoms with Gasteiger partial charge in [-0.1, -0.05) is 12.1 Å². The molecule has 1 unspecified atom stereocenters. The third-order valence-electron chi connectivity index (χ3n) is 2.48. The van der Waals surface area contributed by atoms with Crippen LogP contribution in [-0.4, -0.2) is 37.9 Å². The smallest absolute Gasteiger partial charge is 0.327 e. The molecule has 0 aromatic heterocycles. The summed E-state index contributed by atoms with van der Waals surface area (Å²) in [6.45, 7) is 1.17. The summed E-state index contributed by atoms with van der Waals surface area (Å²) in [6, 6.07) is 4.38. The lowest BCUT2D eigenvalue weighted by molar-refractivity contribution is -0.384. The molecule has 0 aliphatic rings. The molecule has 1 aromatic carbocycles. The zero-order chi connectivity index (χ0) is 16.0. The highest BCUT2D eigenvalue weighted by atomic mass is 32.2. The lowest BCUT2D eigenvalue weighted by Crippen LogP contribution is -2.43. The topological polar surface area (TPSA) is 127 Å². The number of nitrogens with one attached hydrogen (secondary N) is 1. The van der Waals surface area contributed by atoms with Crippen LogP contribution >= 0.6 is 0 Å². The Labute approximate surface area is 122 Å². The zero-order valence-electron chi connectivity index (χ0n) is 11.1. The van der Waals surface area contributed by atoms with Crippen molar-refractivity contribution >= 4 is 28.4 Å². The minimum absolute atomic E-state index is 0.0228. The van der Waals surface area contributed by atoms with E-state index in [2.05, 4.69) is 5.32 Å².